The van der Waals surface area contributed by atoms with Crippen LogP contribution in [0, 0.1) is 11.3 Å². The number of piperidine rings is 1. The minimum Gasteiger partial charge on any atom is -0.381 e. The average molecular weight is 240 g/mol. The first kappa shape index (κ1) is 13.3. The van der Waals surface area contributed by atoms with E-state index in [4.69, 9.17) is 4.74 Å². The van der Waals surface area contributed by atoms with Crippen molar-refractivity contribution in [3.05, 3.63) is 0 Å². The zero-order valence-corrected chi connectivity index (χ0v) is 11.8. The molecule has 2 aliphatic rings. The Balaban J connectivity index is 1.69. The van der Waals surface area contributed by atoms with E-state index < -0.39 is 0 Å². The third-order valence-corrected chi connectivity index (χ3v) is 4.95. The molecule has 2 unspecified atom stereocenters. The summed E-state index contributed by atoms with van der Waals surface area (Å²) >= 11 is 0. The van der Waals surface area contributed by atoms with Gasteiger partial charge in [-0.05, 0) is 51.9 Å². The van der Waals surface area contributed by atoms with Crippen LogP contribution in [-0.2, 0) is 4.74 Å². The smallest absolute Gasteiger partial charge is 0.0652 e. The number of nitrogens with one attached hydrogen (secondary N) is 1. The van der Waals surface area contributed by atoms with Crippen molar-refractivity contribution in [2.75, 3.05) is 33.8 Å². The Morgan fingerprint density at radius 1 is 1.29 bits per heavy atom. The van der Waals surface area contributed by atoms with Crippen LogP contribution in [0.5, 0.6) is 0 Å². The Morgan fingerprint density at radius 3 is 2.47 bits per heavy atom. The molecule has 1 saturated heterocycles. The van der Waals surface area contributed by atoms with Crippen molar-refractivity contribution in [3.8, 4) is 0 Å². The van der Waals surface area contributed by atoms with Gasteiger partial charge in [0.2, 0.25) is 0 Å². The molecule has 0 aromatic carbocycles. The maximum absolute atomic E-state index is 5.49. The lowest BCUT2D eigenvalue weighted by atomic mass is 9.64. The molecule has 1 aliphatic carbocycles. The SMILES string of the molecule is COC1CC(NCC2CCN(C)CC2)C1(C)C. The van der Waals surface area contributed by atoms with Gasteiger partial charge < -0.3 is 15.0 Å². The molecule has 1 N–H and O–H groups in total. The third-order valence-electron chi connectivity index (χ3n) is 4.95. The van der Waals surface area contributed by atoms with Gasteiger partial charge in [0, 0.05) is 18.6 Å². The maximum atomic E-state index is 5.49. The minimum absolute atomic E-state index is 0.306. The molecule has 17 heavy (non-hydrogen) atoms. The van der Waals surface area contributed by atoms with Crippen LogP contribution < -0.4 is 5.32 Å². The lowest BCUT2D eigenvalue weighted by Crippen LogP contribution is -2.61. The summed E-state index contributed by atoms with van der Waals surface area (Å²) in [4.78, 5) is 2.44. The minimum atomic E-state index is 0.306. The number of hydrogen-bond donors (Lipinski definition) is 1. The predicted molar refractivity (Wildman–Crippen MR) is 71.2 cm³/mol. The number of hydrogen-bond acceptors (Lipinski definition) is 3. The largest absolute Gasteiger partial charge is 0.381 e. The number of methoxy groups -OCH3 is 1. The highest BCUT2D eigenvalue weighted by atomic mass is 16.5. The topological polar surface area (TPSA) is 24.5 Å². The second-order valence-corrected chi connectivity index (χ2v) is 6.49. The monoisotopic (exact) mass is 240 g/mol. The van der Waals surface area contributed by atoms with Crippen molar-refractivity contribution in [3.63, 3.8) is 0 Å². The number of rotatable bonds is 4. The fraction of sp³-hybridized carbons (Fsp3) is 1.00. The van der Waals surface area contributed by atoms with Crippen molar-refractivity contribution < 1.29 is 4.74 Å². The van der Waals surface area contributed by atoms with Crippen LogP contribution in [-0.4, -0.2) is 50.8 Å². The number of likely N-dealkylation sites (tertiary alicyclic amines) is 1. The van der Waals surface area contributed by atoms with Crippen LogP contribution in [0.3, 0.4) is 0 Å². The van der Waals surface area contributed by atoms with Gasteiger partial charge >= 0.3 is 0 Å². The highest BCUT2D eigenvalue weighted by Crippen LogP contribution is 2.42. The number of ether oxygens (including phenoxy) is 1. The lowest BCUT2D eigenvalue weighted by molar-refractivity contribution is -0.0983. The van der Waals surface area contributed by atoms with Gasteiger partial charge in [-0.3, -0.25) is 0 Å². The van der Waals surface area contributed by atoms with Gasteiger partial charge in [0.1, 0.15) is 0 Å². The van der Waals surface area contributed by atoms with Crippen LogP contribution in [0.15, 0.2) is 0 Å². The Labute approximate surface area is 106 Å². The summed E-state index contributed by atoms with van der Waals surface area (Å²) in [6, 6.07) is 0.645. The fourth-order valence-electron chi connectivity index (χ4n) is 3.21. The van der Waals surface area contributed by atoms with Gasteiger partial charge in [-0.25, -0.2) is 0 Å². The van der Waals surface area contributed by atoms with Crippen molar-refractivity contribution in [1.29, 1.82) is 0 Å². The molecular formula is C14H28N2O. The molecule has 0 aromatic rings. The van der Waals surface area contributed by atoms with Gasteiger partial charge in [0.15, 0.2) is 0 Å². The quantitative estimate of drug-likeness (QED) is 0.810. The average Bonchev–Trinajstić information content (AvgIpc) is 2.30. The fourth-order valence-corrected chi connectivity index (χ4v) is 3.21. The van der Waals surface area contributed by atoms with E-state index in [1.54, 1.807) is 0 Å². The summed E-state index contributed by atoms with van der Waals surface area (Å²) in [6.07, 6.45) is 4.32. The highest BCUT2D eigenvalue weighted by molar-refractivity contribution is 5.02. The van der Waals surface area contributed by atoms with E-state index in [2.05, 4.69) is 31.1 Å². The predicted octanol–water partition coefficient (Wildman–Crippen LogP) is 1.73. The van der Waals surface area contributed by atoms with Crippen LogP contribution in [0.2, 0.25) is 0 Å². The molecular weight excluding hydrogens is 212 g/mol. The maximum Gasteiger partial charge on any atom is 0.0652 e. The molecule has 100 valence electrons. The molecule has 0 radical (unpaired) electrons. The summed E-state index contributed by atoms with van der Waals surface area (Å²) in [7, 11) is 4.06. The molecule has 0 spiro atoms. The second-order valence-electron chi connectivity index (χ2n) is 6.49. The van der Waals surface area contributed by atoms with Crippen LogP contribution >= 0.6 is 0 Å². The van der Waals surface area contributed by atoms with Crippen LogP contribution in [0.4, 0.5) is 0 Å². The third kappa shape index (κ3) is 2.83. The Bertz CT molecular complexity index is 247. The summed E-state index contributed by atoms with van der Waals surface area (Å²) in [6.45, 7) is 8.36. The first-order valence-electron chi connectivity index (χ1n) is 6.98. The molecule has 1 heterocycles. The standard InChI is InChI=1S/C14H28N2O/c1-14(2)12(9-13(14)17-4)15-10-11-5-7-16(3)8-6-11/h11-13,15H,5-10H2,1-4H3. The van der Waals surface area contributed by atoms with Crippen molar-refractivity contribution in [2.24, 2.45) is 11.3 Å². The van der Waals surface area contributed by atoms with E-state index in [-0.39, 0.29) is 0 Å². The first-order valence-corrected chi connectivity index (χ1v) is 6.98. The van der Waals surface area contributed by atoms with Crippen LogP contribution in [0.1, 0.15) is 33.1 Å². The Morgan fingerprint density at radius 2 is 1.94 bits per heavy atom. The van der Waals surface area contributed by atoms with Gasteiger partial charge in [0.25, 0.3) is 0 Å². The molecule has 0 aromatic heterocycles. The molecule has 0 bridgehead atoms. The molecule has 3 heteroatoms. The molecule has 2 rings (SSSR count). The van der Waals surface area contributed by atoms with Gasteiger partial charge in [0.05, 0.1) is 6.10 Å². The van der Waals surface area contributed by atoms with Crippen molar-refractivity contribution in [2.45, 2.75) is 45.3 Å². The van der Waals surface area contributed by atoms with E-state index in [1.807, 2.05) is 7.11 Å². The van der Waals surface area contributed by atoms with E-state index in [0.717, 1.165) is 5.92 Å². The zero-order chi connectivity index (χ0) is 12.5. The molecule has 2 atom stereocenters. The Hall–Kier alpha value is -0.120. The zero-order valence-electron chi connectivity index (χ0n) is 11.8. The van der Waals surface area contributed by atoms with E-state index in [0.29, 0.717) is 17.6 Å². The molecule has 1 saturated carbocycles. The lowest BCUT2D eigenvalue weighted by Gasteiger charge is -2.52. The van der Waals surface area contributed by atoms with Crippen molar-refractivity contribution in [1.82, 2.24) is 10.2 Å². The molecule has 3 nitrogen and oxygen atoms in total. The van der Waals surface area contributed by atoms with Crippen LogP contribution in [0.25, 0.3) is 0 Å². The molecule has 1 aliphatic heterocycles. The second kappa shape index (κ2) is 5.25. The summed E-state index contributed by atoms with van der Waals surface area (Å²) in [5.74, 6) is 0.878. The summed E-state index contributed by atoms with van der Waals surface area (Å²) in [5.41, 5.74) is 0.306. The number of nitrogens with zero attached hydrogens (tertiary/aromatic N) is 1. The van der Waals surface area contributed by atoms with Crippen molar-refractivity contribution >= 4 is 0 Å². The summed E-state index contributed by atoms with van der Waals surface area (Å²) in [5, 5.41) is 3.76. The molecule has 2 fully saturated rings. The Kier molecular flexibility index (Phi) is 4.11. The first-order chi connectivity index (χ1) is 8.04. The normalized spacial score (nSPS) is 34.6. The van der Waals surface area contributed by atoms with E-state index in [9.17, 15) is 0 Å². The van der Waals surface area contributed by atoms with Gasteiger partial charge in [-0.15, -0.1) is 0 Å². The molecule has 0 amide bonds. The van der Waals surface area contributed by atoms with E-state index in [1.165, 1.54) is 38.9 Å². The van der Waals surface area contributed by atoms with Gasteiger partial charge in [-0.1, -0.05) is 13.8 Å². The summed E-state index contributed by atoms with van der Waals surface area (Å²) < 4.78 is 5.49. The van der Waals surface area contributed by atoms with Gasteiger partial charge in [-0.2, -0.15) is 0 Å². The highest BCUT2D eigenvalue weighted by Gasteiger charge is 2.48. The van der Waals surface area contributed by atoms with E-state index >= 15 is 0 Å².